The quantitative estimate of drug-likeness (QED) is 0.597. The third kappa shape index (κ3) is 2.66. The van der Waals surface area contributed by atoms with E-state index in [9.17, 15) is 18.0 Å². The summed E-state index contributed by atoms with van der Waals surface area (Å²) in [6.45, 7) is 0. The molecule has 104 valence electrons. The molecule has 0 aliphatic rings. The molecule has 0 amide bonds. The summed E-state index contributed by atoms with van der Waals surface area (Å²) in [7, 11) is 0. The van der Waals surface area contributed by atoms with E-state index in [2.05, 4.69) is 5.32 Å². The predicted octanol–water partition coefficient (Wildman–Crippen LogP) is 3.13. The van der Waals surface area contributed by atoms with Crippen LogP contribution in [0.25, 0.3) is 0 Å². The molecular weight excluding hydrogens is 273 g/mol. The van der Waals surface area contributed by atoms with E-state index in [1.807, 2.05) is 0 Å². The number of benzene rings is 2. The fourth-order valence-electron chi connectivity index (χ4n) is 1.64. The van der Waals surface area contributed by atoms with Crippen molar-refractivity contribution in [1.29, 1.82) is 0 Å². The van der Waals surface area contributed by atoms with Crippen molar-refractivity contribution in [2.24, 2.45) is 0 Å². The van der Waals surface area contributed by atoms with Crippen LogP contribution in [0.5, 0.6) is 0 Å². The highest BCUT2D eigenvalue weighted by molar-refractivity contribution is 5.96. The average molecular weight is 282 g/mol. The number of nitrogens with one attached hydrogen (secondary N) is 1. The Labute approximate surface area is 111 Å². The molecule has 0 atom stereocenters. The van der Waals surface area contributed by atoms with Gasteiger partial charge in [0.05, 0.1) is 16.9 Å². The van der Waals surface area contributed by atoms with Gasteiger partial charge in [-0.25, -0.2) is 18.0 Å². The van der Waals surface area contributed by atoms with Crippen LogP contribution in [-0.4, -0.2) is 11.1 Å². The van der Waals surface area contributed by atoms with Gasteiger partial charge in [-0.3, -0.25) is 0 Å². The number of halogens is 3. The van der Waals surface area contributed by atoms with Crippen molar-refractivity contribution in [2.75, 3.05) is 11.1 Å². The minimum absolute atomic E-state index is 0.0681. The lowest BCUT2D eigenvalue weighted by molar-refractivity contribution is 0.0698. The summed E-state index contributed by atoms with van der Waals surface area (Å²) in [6, 6.07) is 4.88. The smallest absolute Gasteiger partial charge is 0.337 e. The molecule has 0 saturated carbocycles. The van der Waals surface area contributed by atoms with Crippen molar-refractivity contribution in [1.82, 2.24) is 0 Å². The Balaban J connectivity index is 2.50. The normalized spacial score (nSPS) is 10.3. The molecule has 4 N–H and O–H groups in total. The number of hydrogen-bond acceptors (Lipinski definition) is 3. The monoisotopic (exact) mass is 282 g/mol. The highest BCUT2D eigenvalue weighted by Crippen LogP contribution is 2.27. The Morgan fingerprint density at radius 3 is 2.45 bits per heavy atom. The second-order valence-corrected chi connectivity index (χ2v) is 3.98. The molecule has 20 heavy (non-hydrogen) atoms. The summed E-state index contributed by atoms with van der Waals surface area (Å²) < 4.78 is 39.7. The van der Waals surface area contributed by atoms with Crippen LogP contribution in [0.4, 0.5) is 30.2 Å². The molecule has 0 unspecified atom stereocenters. The molecule has 0 aliphatic carbocycles. The molecule has 7 heteroatoms. The van der Waals surface area contributed by atoms with Crippen LogP contribution in [0.3, 0.4) is 0 Å². The van der Waals surface area contributed by atoms with Crippen LogP contribution >= 0.6 is 0 Å². The van der Waals surface area contributed by atoms with Gasteiger partial charge in [0.2, 0.25) is 0 Å². The molecule has 0 radical (unpaired) electrons. The lowest BCUT2D eigenvalue weighted by atomic mass is 10.1. The number of carboxylic acids is 1. The molecule has 0 fully saturated rings. The minimum Gasteiger partial charge on any atom is -0.478 e. The predicted molar refractivity (Wildman–Crippen MR) is 67.4 cm³/mol. The third-order valence-corrected chi connectivity index (χ3v) is 2.54. The topological polar surface area (TPSA) is 75.4 Å². The number of hydrogen-bond donors (Lipinski definition) is 3. The second kappa shape index (κ2) is 5.12. The van der Waals surface area contributed by atoms with E-state index >= 15 is 0 Å². The Bertz CT molecular complexity index is 690. The first-order valence-electron chi connectivity index (χ1n) is 5.43. The van der Waals surface area contributed by atoms with Gasteiger partial charge < -0.3 is 16.2 Å². The van der Waals surface area contributed by atoms with Gasteiger partial charge in [-0.05, 0) is 18.2 Å². The van der Waals surface area contributed by atoms with Crippen molar-refractivity contribution in [3.63, 3.8) is 0 Å². The summed E-state index contributed by atoms with van der Waals surface area (Å²) in [4.78, 5) is 11.0. The lowest BCUT2D eigenvalue weighted by Crippen LogP contribution is -2.05. The standard InChI is InChI=1S/C13H9F3N2O2/c14-6-3-9(15)12(16)11(4-6)18-10-5-7(17)1-2-8(10)13(19)20/h1-5,18H,17H2,(H,19,20). The molecule has 4 nitrogen and oxygen atoms in total. The van der Waals surface area contributed by atoms with E-state index < -0.39 is 29.1 Å². The van der Waals surface area contributed by atoms with E-state index in [4.69, 9.17) is 10.8 Å². The van der Waals surface area contributed by atoms with Crippen molar-refractivity contribution >= 4 is 23.0 Å². The SMILES string of the molecule is Nc1ccc(C(=O)O)c(Nc2cc(F)cc(F)c2F)c1. The van der Waals surface area contributed by atoms with Gasteiger partial charge in [0.1, 0.15) is 5.82 Å². The molecule has 0 spiro atoms. The van der Waals surface area contributed by atoms with Gasteiger partial charge >= 0.3 is 5.97 Å². The summed E-state index contributed by atoms with van der Waals surface area (Å²) in [5.41, 5.74) is 4.93. The largest absolute Gasteiger partial charge is 0.478 e. The van der Waals surface area contributed by atoms with Gasteiger partial charge in [-0.15, -0.1) is 0 Å². The van der Waals surface area contributed by atoms with Gasteiger partial charge in [0.25, 0.3) is 0 Å². The highest BCUT2D eigenvalue weighted by atomic mass is 19.2. The average Bonchev–Trinajstić information content (AvgIpc) is 2.35. The maximum Gasteiger partial charge on any atom is 0.337 e. The summed E-state index contributed by atoms with van der Waals surface area (Å²) in [5.74, 6) is -4.98. The van der Waals surface area contributed by atoms with Crippen molar-refractivity contribution in [3.05, 3.63) is 53.3 Å². The third-order valence-electron chi connectivity index (χ3n) is 2.54. The molecule has 2 aromatic rings. The zero-order chi connectivity index (χ0) is 14.9. The molecule has 0 bridgehead atoms. The molecule has 2 aromatic carbocycles. The van der Waals surface area contributed by atoms with Crippen LogP contribution in [-0.2, 0) is 0 Å². The zero-order valence-electron chi connectivity index (χ0n) is 9.95. The number of carboxylic acid groups (broad SMARTS) is 1. The Morgan fingerprint density at radius 2 is 1.80 bits per heavy atom. The molecular formula is C13H9F3N2O2. The highest BCUT2D eigenvalue weighted by Gasteiger charge is 2.15. The van der Waals surface area contributed by atoms with Crippen LogP contribution < -0.4 is 11.1 Å². The zero-order valence-corrected chi connectivity index (χ0v) is 9.95. The van der Waals surface area contributed by atoms with E-state index in [0.29, 0.717) is 12.1 Å². The van der Waals surface area contributed by atoms with E-state index in [-0.39, 0.29) is 16.9 Å². The lowest BCUT2D eigenvalue weighted by Gasteiger charge is -2.11. The van der Waals surface area contributed by atoms with Crippen LogP contribution in [0.1, 0.15) is 10.4 Å². The molecule has 0 heterocycles. The number of aromatic carboxylic acids is 1. The first-order valence-corrected chi connectivity index (χ1v) is 5.43. The van der Waals surface area contributed by atoms with Gasteiger partial charge in [0, 0.05) is 17.8 Å². The number of nitrogens with two attached hydrogens (primary N) is 1. The Kier molecular flexibility index (Phi) is 3.51. The van der Waals surface area contributed by atoms with E-state index in [1.54, 1.807) is 0 Å². The van der Waals surface area contributed by atoms with Crippen LogP contribution in [0.15, 0.2) is 30.3 Å². The number of carbonyl (C=O) groups is 1. The number of anilines is 3. The molecule has 0 saturated heterocycles. The van der Waals surface area contributed by atoms with E-state index in [1.165, 1.54) is 18.2 Å². The maximum absolute atomic E-state index is 13.5. The van der Waals surface area contributed by atoms with Crippen LogP contribution in [0, 0.1) is 17.5 Å². The second-order valence-electron chi connectivity index (χ2n) is 3.98. The molecule has 0 aliphatic heterocycles. The first-order chi connectivity index (χ1) is 9.38. The van der Waals surface area contributed by atoms with E-state index in [0.717, 1.165) is 0 Å². The minimum atomic E-state index is -1.38. The van der Waals surface area contributed by atoms with Crippen LogP contribution in [0.2, 0.25) is 0 Å². The van der Waals surface area contributed by atoms with Crippen molar-refractivity contribution < 1.29 is 23.1 Å². The summed E-state index contributed by atoms with van der Waals surface area (Å²) in [6.07, 6.45) is 0. The first kappa shape index (κ1) is 13.7. The summed E-state index contributed by atoms with van der Waals surface area (Å²) in [5, 5.41) is 11.3. The number of rotatable bonds is 3. The summed E-state index contributed by atoms with van der Waals surface area (Å²) >= 11 is 0. The number of nitrogen functional groups attached to an aromatic ring is 1. The van der Waals surface area contributed by atoms with Gasteiger partial charge in [-0.2, -0.15) is 0 Å². The molecule has 2 rings (SSSR count). The maximum atomic E-state index is 13.5. The fourth-order valence-corrected chi connectivity index (χ4v) is 1.64. The van der Waals surface area contributed by atoms with Gasteiger partial charge in [0.15, 0.2) is 11.6 Å². The van der Waals surface area contributed by atoms with Crippen molar-refractivity contribution in [3.8, 4) is 0 Å². The van der Waals surface area contributed by atoms with Crippen molar-refractivity contribution in [2.45, 2.75) is 0 Å². The fraction of sp³-hybridized carbons (Fsp3) is 0. The van der Waals surface area contributed by atoms with Gasteiger partial charge in [-0.1, -0.05) is 0 Å². The molecule has 0 aromatic heterocycles. The Morgan fingerprint density at radius 1 is 1.10 bits per heavy atom. The Hall–Kier alpha value is -2.70.